The van der Waals surface area contributed by atoms with Gasteiger partial charge in [0.05, 0.1) is 0 Å². The summed E-state index contributed by atoms with van der Waals surface area (Å²) in [5, 5.41) is 12.2. The molecule has 0 aromatic heterocycles. The van der Waals surface area contributed by atoms with Crippen LogP contribution < -0.4 is 5.32 Å². The number of ether oxygens (including phenoxy) is 1. The lowest BCUT2D eigenvalue weighted by Crippen LogP contribution is -2.54. The van der Waals surface area contributed by atoms with Gasteiger partial charge in [-0.1, -0.05) is 68.8 Å². The lowest BCUT2D eigenvalue weighted by molar-refractivity contribution is -0.149. The van der Waals surface area contributed by atoms with Gasteiger partial charge in [-0.25, -0.2) is 9.59 Å². The van der Waals surface area contributed by atoms with Crippen LogP contribution in [0.25, 0.3) is 11.1 Å². The summed E-state index contributed by atoms with van der Waals surface area (Å²) in [6, 6.07) is 14.5. The lowest BCUT2D eigenvalue weighted by atomic mass is 9.97. The number of carbonyl (C=O) groups is 3. The van der Waals surface area contributed by atoms with E-state index in [9.17, 15) is 19.5 Å². The van der Waals surface area contributed by atoms with Crippen molar-refractivity contribution in [3.8, 4) is 11.1 Å². The number of carbonyl (C=O) groups excluding carboxylic acids is 2. The fourth-order valence-electron chi connectivity index (χ4n) is 4.92. The molecule has 0 bridgehead atoms. The van der Waals surface area contributed by atoms with Crippen LogP contribution in [0.4, 0.5) is 4.79 Å². The van der Waals surface area contributed by atoms with Crippen molar-refractivity contribution in [1.29, 1.82) is 0 Å². The number of fused-ring (bicyclic) bond motifs is 3. The summed E-state index contributed by atoms with van der Waals surface area (Å²) in [4.78, 5) is 38.9. The smallest absolute Gasteiger partial charge is 0.407 e. The van der Waals surface area contributed by atoms with Gasteiger partial charge in [0.25, 0.3) is 0 Å². The van der Waals surface area contributed by atoms with E-state index in [0.29, 0.717) is 25.8 Å². The van der Waals surface area contributed by atoms with E-state index in [1.165, 1.54) is 4.90 Å². The molecule has 174 valence electrons. The predicted molar refractivity (Wildman–Crippen MR) is 124 cm³/mol. The van der Waals surface area contributed by atoms with Crippen LogP contribution in [0.15, 0.2) is 48.5 Å². The highest BCUT2D eigenvalue weighted by molar-refractivity contribution is 5.90. The summed E-state index contributed by atoms with van der Waals surface area (Å²) in [6.07, 6.45) is 1.06. The second kappa shape index (κ2) is 9.65. The third kappa shape index (κ3) is 4.45. The van der Waals surface area contributed by atoms with Crippen molar-refractivity contribution in [2.24, 2.45) is 5.92 Å². The summed E-state index contributed by atoms with van der Waals surface area (Å²) >= 11 is 0. The van der Waals surface area contributed by atoms with Gasteiger partial charge in [0, 0.05) is 12.5 Å². The molecule has 1 aliphatic heterocycles. The maximum Gasteiger partial charge on any atom is 0.407 e. The van der Waals surface area contributed by atoms with Gasteiger partial charge in [-0.2, -0.15) is 0 Å². The standard InChI is InChI=1S/C26H30N2O5/c1-3-16(2)23(24(29)28-14-8-13-22(28)25(30)31)27-26(32)33-15-21-19-11-6-4-9-17(19)18-10-5-7-12-20(18)21/h4-7,9-12,16,21-23H,3,8,13-15H2,1-2H3,(H,27,32)(H,30,31). The lowest BCUT2D eigenvalue weighted by Gasteiger charge is -2.30. The quantitative estimate of drug-likeness (QED) is 0.664. The first-order valence-electron chi connectivity index (χ1n) is 11.6. The van der Waals surface area contributed by atoms with Crippen LogP contribution in [-0.2, 0) is 14.3 Å². The van der Waals surface area contributed by atoms with E-state index < -0.39 is 24.1 Å². The van der Waals surface area contributed by atoms with Crippen molar-refractivity contribution in [3.63, 3.8) is 0 Å². The Labute approximate surface area is 193 Å². The third-order valence-corrected chi connectivity index (χ3v) is 6.92. The van der Waals surface area contributed by atoms with Crippen molar-refractivity contribution in [1.82, 2.24) is 10.2 Å². The zero-order valence-corrected chi connectivity index (χ0v) is 19.0. The Hall–Kier alpha value is -3.35. The predicted octanol–water partition coefficient (Wildman–Crippen LogP) is 4.02. The Morgan fingerprint density at radius 1 is 1.09 bits per heavy atom. The maximum absolute atomic E-state index is 13.2. The molecule has 0 saturated carbocycles. The highest BCUT2D eigenvalue weighted by Crippen LogP contribution is 2.44. The minimum Gasteiger partial charge on any atom is -0.480 e. The molecule has 1 saturated heterocycles. The van der Waals surface area contributed by atoms with Crippen LogP contribution in [0, 0.1) is 5.92 Å². The van der Waals surface area contributed by atoms with Crippen LogP contribution >= 0.6 is 0 Å². The molecular weight excluding hydrogens is 420 g/mol. The molecule has 1 heterocycles. The van der Waals surface area contributed by atoms with Gasteiger partial charge in [-0.15, -0.1) is 0 Å². The first-order valence-corrected chi connectivity index (χ1v) is 11.6. The number of nitrogens with zero attached hydrogens (tertiary/aromatic N) is 1. The minimum atomic E-state index is -1.01. The highest BCUT2D eigenvalue weighted by atomic mass is 16.5. The van der Waals surface area contributed by atoms with Crippen LogP contribution in [0.2, 0.25) is 0 Å². The Bertz CT molecular complexity index is 1010. The SMILES string of the molecule is CCC(C)C(NC(=O)OCC1c2ccccc2-c2ccccc21)C(=O)N1CCCC1C(=O)O. The first kappa shape index (κ1) is 22.8. The average Bonchev–Trinajstić information content (AvgIpc) is 3.44. The normalized spacial score (nSPS) is 18.8. The van der Waals surface area contributed by atoms with Crippen LogP contribution in [0.5, 0.6) is 0 Å². The van der Waals surface area contributed by atoms with Crippen molar-refractivity contribution in [3.05, 3.63) is 59.7 Å². The molecule has 4 rings (SSSR count). The topological polar surface area (TPSA) is 95.9 Å². The van der Waals surface area contributed by atoms with Crippen molar-refractivity contribution >= 4 is 18.0 Å². The molecule has 3 atom stereocenters. The zero-order valence-electron chi connectivity index (χ0n) is 19.0. The molecule has 2 aromatic carbocycles. The highest BCUT2D eigenvalue weighted by Gasteiger charge is 2.39. The monoisotopic (exact) mass is 450 g/mol. The Morgan fingerprint density at radius 3 is 2.27 bits per heavy atom. The number of rotatable bonds is 7. The van der Waals surface area contributed by atoms with Crippen LogP contribution in [-0.4, -0.2) is 53.2 Å². The van der Waals surface area contributed by atoms with Crippen molar-refractivity contribution < 1.29 is 24.2 Å². The molecule has 3 unspecified atom stereocenters. The van der Waals surface area contributed by atoms with Crippen molar-refractivity contribution in [2.45, 2.75) is 51.1 Å². The van der Waals surface area contributed by atoms with Gasteiger partial charge < -0.3 is 20.1 Å². The Balaban J connectivity index is 1.46. The molecule has 0 radical (unpaired) electrons. The van der Waals surface area contributed by atoms with E-state index >= 15 is 0 Å². The number of hydrogen-bond acceptors (Lipinski definition) is 4. The van der Waals surface area contributed by atoms with E-state index in [1.54, 1.807) is 0 Å². The summed E-state index contributed by atoms with van der Waals surface area (Å²) in [5.41, 5.74) is 4.51. The number of nitrogens with one attached hydrogen (secondary N) is 1. The number of hydrogen-bond donors (Lipinski definition) is 2. The van der Waals surface area contributed by atoms with Gasteiger partial charge in [0.2, 0.25) is 5.91 Å². The summed E-state index contributed by atoms with van der Waals surface area (Å²) in [7, 11) is 0. The summed E-state index contributed by atoms with van der Waals surface area (Å²) < 4.78 is 5.61. The molecule has 2 N–H and O–H groups in total. The fourth-order valence-corrected chi connectivity index (χ4v) is 4.92. The second-order valence-electron chi connectivity index (χ2n) is 8.86. The number of carboxylic acid groups (broad SMARTS) is 1. The third-order valence-electron chi connectivity index (χ3n) is 6.92. The molecule has 2 amide bonds. The molecule has 2 aliphatic rings. The molecule has 33 heavy (non-hydrogen) atoms. The van der Waals surface area contributed by atoms with E-state index in [1.807, 2.05) is 50.2 Å². The van der Waals surface area contributed by atoms with Crippen LogP contribution in [0.1, 0.15) is 50.2 Å². The molecule has 1 aliphatic carbocycles. The molecule has 0 spiro atoms. The van der Waals surface area contributed by atoms with E-state index in [-0.39, 0.29) is 24.3 Å². The average molecular weight is 451 g/mol. The molecule has 2 aromatic rings. The fraction of sp³-hybridized carbons (Fsp3) is 0.423. The molecule has 1 fully saturated rings. The van der Waals surface area contributed by atoms with Gasteiger partial charge in [0.1, 0.15) is 18.7 Å². The zero-order chi connectivity index (χ0) is 23.5. The largest absolute Gasteiger partial charge is 0.480 e. The number of amides is 2. The van der Waals surface area contributed by atoms with E-state index in [0.717, 1.165) is 22.3 Å². The van der Waals surface area contributed by atoms with E-state index in [2.05, 4.69) is 17.4 Å². The summed E-state index contributed by atoms with van der Waals surface area (Å²) in [5.74, 6) is -1.60. The van der Waals surface area contributed by atoms with Crippen LogP contribution in [0.3, 0.4) is 0 Å². The number of alkyl carbamates (subject to hydrolysis) is 1. The Morgan fingerprint density at radius 2 is 1.70 bits per heavy atom. The van der Waals surface area contributed by atoms with Gasteiger partial charge in [-0.3, -0.25) is 4.79 Å². The Kier molecular flexibility index (Phi) is 6.67. The number of benzene rings is 2. The van der Waals surface area contributed by atoms with Gasteiger partial charge >= 0.3 is 12.1 Å². The number of carboxylic acids is 1. The van der Waals surface area contributed by atoms with Gasteiger partial charge in [-0.05, 0) is 41.0 Å². The second-order valence-corrected chi connectivity index (χ2v) is 8.86. The van der Waals surface area contributed by atoms with Gasteiger partial charge in [0.15, 0.2) is 0 Å². The van der Waals surface area contributed by atoms with Crippen molar-refractivity contribution in [2.75, 3.05) is 13.2 Å². The number of likely N-dealkylation sites (tertiary alicyclic amines) is 1. The van der Waals surface area contributed by atoms with E-state index in [4.69, 9.17) is 4.74 Å². The number of aliphatic carboxylic acids is 1. The maximum atomic E-state index is 13.2. The molecular formula is C26H30N2O5. The minimum absolute atomic E-state index is 0.0733. The molecule has 7 nitrogen and oxygen atoms in total. The summed E-state index contributed by atoms with van der Waals surface area (Å²) in [6.45, 7) is 4.35. The molecule has 7 heteroatoms. The first-order chi connectivity index (χ1) is 15.9.